The van der Waals surface area contributed by atoms with Crippen molar-refractivity contribution < 1.29 is 0 Å². The van der Waals surface area contributed by atoms with Crippen LogP contribution < -0.4 is 0 Å². The molecule has 2 fully saturated rings. The van der Waals surface area contributed by atoms with Crippen LogP contribution in [0.5, 0.6) is 0 Å². The first kappa shape index (κ1) is 19.0. The average molecular weight is 341 g/mol. The van der Waals surface area contributed by atoms with Gasteiger partial charge in [0.1, 0.15) is 0 Å². The zero-order chi connectivity index (χ0) is 18.6. The van der Waals surface area contributed by atoms with Crippen molar-refractivity contribution in [3.63, 3.8) is 0 Å². The molecule has 0 radical (unpaired) electrons. The van der Waals surface area contributed by atoms with Crippen molar-refractivity contribution in [3.8, 4) is 0 Å². The van der Waals surface area contributed by atoms with E-state index >= 15 is 0 Å². The van der Waals surface area contributed by atoms with E-state index in [4.69, 9.17) is 0 Å². The molecule has 0 spiro atoms. The highest BCUT2D eigenvalue weighted by Crippen LogP contribution is 2.53. The molecular formula is C25H40. The average Bonchev–Trinajstić information content (AvgIpc) is 2.84. The van der Waals surface area contributed by atoms with Gasteiger partial charge in [0, 0.05) is 0 Å². The van der Waals surface area contributed by atoms with E-state index in [1.54, 1.807) is 5.56 Å². The Bertz CT molecular complexity index is 578. The molecule has 0 heteroatoms. The van der Waals surface area contributed by atoms with Gasteiger partial charge in [-0.3, -0.25) is 0 Å². The molecule has 0 nitrogen and oxygen atoms in total. The topological polar surface area (TPSA) is 0 Å². The van der Waals surface area contributed by atoms with Gasteiger partial charge in [-0.2, -0.15) is 0 Å². The van der Waals surface area contributed by atoms with Crippen LogP contribution in [0.2, 0.25) is 0 Å². The molecule has 2 saturated carbocycles. The van der Waals surface area contributed by atoms with Gasteiger partial charge in [0.25, 0.3) is 0 Å². The number of hydrogen-bond acceptors (Lipinski definition) is 0. The molecule has 1 aromatic rings. The quantitative estimate of drug-likeness (QED) is 0.497. The van der Waals surface area contributed by atoms with Crippen molar-refractivity contribution in [2.45, 2.75) is 97.8 Å². The van der Waals surface area contributed by atoms with Crippen LogP contribution in [0.4, 0.5) is 0 Å². The Labute approximate surface area is 156 Å². The van der Waals surface area contributed by atoms with Gasteiger partial charge >= 0.3 is 0 Å². The predicted octanol–water partition coefficient (Wildman–Crippen LogP) is 7.46. The normalized spacial score (nSPS) is 33.4. The van der Waals surface area contributed by atoms with Gasteiger partial charge in [0.15, 0.2) is 0 Å². The second-order valence-corrected chi connectivity index (χ2v) is 11.5. The highest BCUT2D eigenvalue weighted by atomic mass is 14.5. The molecular weight excluding hydrogens is 300 g/mol. The van der Waals surface area contributed by atoms with Crippen molar-refractivity contribution in [3.05, 3.63) is 34.9 Å². The molecule has 25 heavy (non-hydrogen) atoms. The van der Waals surface area contributed by atoms with Gasteiger partial charge in [-0.05, 0) is 82.8 Å². The van der Waals surface area contributed by atoms with Crippen molar-refractivity contribution in [1.29, 1.82) is 0 Å². The monoisotopic (exact) mass is 340 g/mol. The smallest absolute Gasteiger partial charge is 0.0128 e. The van der Waals surface area contributed by atoms with E-state index in [0.717, 1.165) is 29.6 Å². The lowest BCUT2D eigenvalue weighted by atomic mass is 9.66. The summed E-state index contributed by atoms with van der Waals surface area (Å²) in [7, 11) is 0. The molecule has 0 N–H and O–H groups in total. The third-order valence-electron chi connectivity index (χ3n) is 6.98. The molecule has 2 aliphatic rings. The van der Waals surface area contributed by atoms with Crippen molar-refractivity contribution in [2.75, 3.05) is 0 Å². The number of fused-ring (bicyclic) bond motifs is 1. The van der Waals surface area contributed by atoms with Crippen LogP contribution in [0.15, 0.2) is 18.2 Å². The minimum atomic E-state index is 0.221. The first-order valence-corrected chi connectivity index (χ1v) is 10.6. The van der Waals surface area contributed by atoms with Crippen LogP contribution in [0.3, 0.4) is 0 Å². The van der Waals surface area contributed by atoms with Crippen LogP contribution in [0.25, 0.3) is 0 Å². The Balaban J connectivity index is 2.05. The standard InChI is InChI=1S/C25H40/c1-16-9-18-10-17(2)12-23(22(18)11-16)19-13-20(24(3,4)5)15-21(14-19)25(6,7)8/h13-18,22-23H,9-12H2,1-8H3. The van der Waals surface area contributed by atoms with E-state index in [2.05, 4.69) is 73.6 Å². The first-order valence-electron chi connectivity index (χ1n) is 10.6. The zero-order valence-corrected chi connectivity index (χ0v) is 17.9. The zero-order valence-electron chi connectivity index (χ0n) is 17.9. The highest BCUT2D eigenvalue weighted by molar-refractivity contribution is 5.39. The van der Waals surface area contributed by atoms with E-state index in [1.807, 2.05) is 0 Å². The fourth-order valence-corrected chi connectivity index (χ4v) is 5.55. The summed E-state index contributed by atoms with van der Waals surface area (Å²) in [6.45, 7) is 19.2. The summed E-state index contributed by atoms with van der Waals surface area (Å²) in [5.74, 6) is 4.49. The lowest BCUT2D eigenvalue weighted by molar-refractivity contribution is 0.186. The van der Waals surface area contributed by atoms with Gasteiger partial charge in [-0.25, -0.2) is 0 Å². The summed E-state index contributed by atoms with van der Waals surface area (Å²) < 4.78 is 0. The molecule has 0 aliphatic heterocycles. The van der Waals surface area contributed by atoms with E-state index in [-0.39, 0.29) is 10.8 Å². The number of benzene rings is 1. The van der Waals surface area contributed by atoms with Crippen LogP contribution in [-0.2, 0) is 10.8 Å². The number of hydrogen-bond donors (Lipinski definition) is 0. The maximum absolute atomic E-state index is 2.57. The van der Waals surface area contributed by atoms with E-state index in [1.165, 1.54) is 36.8 Å². The molecule has 140 valence electrons. The van der Waals surface area contributed by atoms with Gasteiger partial charge in [-0.15, -0.1) is 0 Å². The van der Waals surface area contributed by atoms with Crippen molar-refractivity contribution in [1.82, 2.24) is 0 Å². The summed E-state index contributed by atoms with van der Waals surface area (Å²) in [5.41, 5.74) is 5.14. The van der Waals surface area contributed by atoms with Crippen LogP contribution in [0.1, 0.15) is 104 Å². The maximum Gasteiger partial charge on any atom is -0.0128 e. The lowest BCUT2D eigenvalue weighted by Crippen LogP contribution is -2.28. The second-order valence-electron chi connectivity index (χ2n) is 11.5. The van der Waals surface area contributed by atoms with Crippen molar-refractivity contribution >= 4 is 0 Å². The molecule has 2 aliphatic carbocycles. The molecule has 0 saturated heterocycles. The Hall–Kier alpha value is -0.780. The van der Waals surface area contributed by atoms with Gasteiger partial charge in [0.05, 0.1) is 0 Å². The van der Waals surface area contributed by atoms with Crippen LogP contribution >= 0.6 is 0 Å². The molecule has 0 bridgehead atoms. The van der Waals surface area contributed by atoms with E-state index in [0.29, 0.717) is 0 Å². The van der Waals surface area contributed by atoms with Crippen molar-refractivity contribution in [2.24, 2.45) is 23.7 Å². The minimum absolute atomic E-state index is 0.221. The molecule has 0 heterocycles. The van der Waals surface area contributed by atoms with E-state index < -0.39 is 0 Å². The molecule has 3 rings (SSSR count). The summed E-state index contributed by atoms with van der Waals surface area (Å²) in [5, 5.41) is 0. The Morgan fingerprint density at radius 3 is 1.64 bits per heavy atom. The number of rotatable bonds is 1. The molecule has 5 unspecified atom stereocenters. The molecule has 0 aromatic heterocycles. The minimum Gasteiger partial charge on any atom is -0.0625 e. The Morgan fingerprint density at radius 1 is 0.680 bits per heavy atom. The largest absolute Gasteiger partial charge is 0.0625 e. The SMILES string of the molecule is CC1CC2CC(C)CC2C(c2cc(C(C)(C)C)cc(C(C)(C)C)c2)C1. The molecule has 0 amide bonds. The maximum atomic E-state index is 2.57. The Kier molecular flexibility index (Phi) is 4.89. The van der Waals surface area contributed by atoms with Gasteiger partial charge < -0.3 is 0 Å². The highest BCUT2D eigenvalue weighted by Gasteiger charge is 2.42. The predicted molar refractivity (Wildman–Crippen MR) is 110 cm³/mol. The Morgan fingerprint density at radius 2 is 1.16 bits per heavy atom. The third kappa shape index (κ3) is 3.99. The second kappa shape index (κ2) is 6.43. The fraction of sp³-hybridized carbons (Fsp3) is 0.760. The molecule has 1 aromatic carbocycles. The summed E-state index contributed by atoms with van der Waals surface area (Å²) in [6, 6.07) is 7.61. The fourth-order valence-electron chi connectivity index (χ4n) is 5.55. The van der Waals surface area contributed by atoms with Gasteiger partial charge in [-0.1, -0.05) is 73.6 Å². The lowest BCUT2D eigenvalue weighted by Gasteiger charge is -2.39. The summed E-state index contributed by atoms with van der Waals surface area (Å²) in [6.07, 6.45) is 5.78. The van der Waals surface area contributed by atoms with Gasteiger partial charge in [0.2, 0.25) is 0 Å². The summed E-state index contributed by atoms with van der Waals surface area (Å²) >= 11 is 0. The molecule has 5 atom stereocenters. The van der Waals surface area contributed by atoms with E-state index in [9.17, 15) is 0 Å². The van der Waals surface area contributed by atoms with Crippen LogP contribution in [-0.4, -0.2) is 0 Å². The first-order chi connectivity index (χ1) is 11.4. The van der Waals surface area contributed by atoms with Crippen LogP contribution in [0, 0.1) is 23.7 Å². The summed E-state index contributed by atoms with van der Waals surface area (Å²) in [4.78, 5) is 0. The third-order valence-corrected chi connectivity index (χ3v) is 6.98.